The average molecular weight is 210 g/mol. The molecule has 2 saturated heterocycles. The predicted octanol–water partition coefficient (Wildman–Crippen LogP) is 0.259. The van der Waals surface area contributed by atoms with Crippen LogP contribution in [0.2, 0.25) is 0 Å². The topological polar surface area (TPSA) is 83.8 Å². The van der Waals surface area contributed by atoms with E-state index in [2.05, 4.69) is 0 Å². The number of aliphatic carboxylic acids is 1. The van der Waals surface area contributed by atoms with Crippen LogP contribution in [0.4, 0.5) is 0 Å². The average Bonchev–Trinajstić information content (AvgIpc) is 2.79. The molecule has 0 radical (unpaired) electrons. The molecule has 4 unspecified atom stereocenters. The summed E-state index contributed by atoms with van der Waals surface area (Å²) in [6.07, 6.45) is 1.24. The Morgan fingerprint density at radius 2 is 1.87 bits per heavy atom. The molecule has 3 rings (SSSR count). The van der Waals surface area contributed by atoms with Crippen LogP contribution in [0.3, 0.4) is 0 Å². The molecule has 0 amide bonds. The van der Waals surface area contributed by atoms with Gasteiger partial charge in [0.1, 0.15) is 11.3 Å². The van der Waals surface area contributed by atoms with Gasteiger partial charge in [-0.25, -0.2) is 4.79 Å². The third kappa shape index (κ3) is 0.911. The van der Waals surface area contributed by atoms with Crippen LogP contribution in [0.1, 0.15) is 12.8 Å². The van der Waals surface area contributed by atoms with Crippen molar-refractivity contribution < 1.29 is 24.5 Å². The van der Waals surface area contributed by atoms with Crippen molar-refractivity contribution in [3.05, 3.63) is 11.3 Å². The largest absolute Gasteiger partial charge is 0.511 e. The molecule has 4 atom stereocenters. The highest BCUT2D eigenvalue weighted by atomic mass is 16.5. The first-order valence-corrected chi connectivity index (χ1v) is 4.97. The molecule has 2 bridgehead atoms. The molecule has 5 nitrogen and oxygen atoms in total. The van der Waals surface area contributed by atoms with E-state index in [1.54, 1.807) is 0 Å². The van der Waals surface area contributed by atoms with Gasteiger partial charge in [0.15, 0.2) is 5.78 Å². The van der Waals surface area contributed by atoms with Gasteiger partial charge in [-0.05, 0) is 12.8 Å². The summed E-state index contributed by atoms with van der Waals surface area (Å²) in [6.45, 7) is 0. The summed E-state index contributed by atoms with van der Waals surface area (Å²) in [5.74, 6) is -2.91. The van der Waals surface area contributed by atoms with Crippen LogP contribution >= 0.6 is 0 Å². The second kappa shape index (κ2) is 2.61. The van der Waals surface area contributed by atoms with Crippen LogP contribution in [0.15, 0.2) is 11.3 Å². The number of Topliss-reactive ketones (excluding diaryl/α,β-unsaturated/α-hetero) is 1. The normalized spacial score (nSPS) is 42.5. The second-order valence-electron chi connectivity index (χ2n) is 4.27. The number of ketones is 1. The molecular weight excluding hydrogens is 200 g/mol. The van der Waals surface area contributed by atoms with Crippen LogP contribution in [0.25, 0.3) is 0 Å². The Morgan fingerprint density at radius 1 is 1.27 bits per heavy atom. The smallest absolute Gasteiger partial charge is 0.342 e. The molecule has 2 aliphatic heterocycles. The number of carboxylic acids is 1. The summed E-state index contributed by atoms with van der Waals surface area (Å²) < 4.78 is 5.50. The first-order chi connectivity index (χ1) is 7.11. The zero-order chi connectivity index (χ0) is 10.7. The number of fused-ring (bicyclic) bond motifs is 5. The number of carboxylic acid groups (broad SMARTS) is 1. The van der Waals surface area contributed by atoms with Gasteiger partial charge in [0.05, 0.1) is 24.0 Å². The number of rotatable bonds is 1. The van der Waals surface area contributed by atoms with Crippen molar-refractivity contribution in [2.75, 3.05) is 0 Å². The molecule has 2 heterocycles. The Kier molecular flexibility index (Phi) is 1.55. The minimum Gasteiger partial charge on any atom is -0.511 e. The number of hydrogen-bond donors (Lipinski definition) is 2. The highest BCUT2D eigenvalue weighted by Gasteiger charge is 2.60. The number of aliphatic hydroxyl groups excluding tert-OH is 1. The van der Waals surface area contributed by atoms with Gasteiger partial charge in [-0.15, -0.1) is 0 Å². The number of aliphatic hydroxyl groups is 1. The van der Waals surface area contributed by atoms with Gasteiger partial charge in [0.2, 0.25) is 0 Å². The highest BCUT2D eigenvalue weighted by Crippen LogP contribution is 2.51. The second-order valence-corrected chi connectivity index (χ2v) is 4.27. The zero-order valence-corrected chi connectivity index (χ0v) is 7.84. The molecular formula is C10H10O5. The Bertz CT molecular complexity index is 397. The lowest BCUT2D eigenvalue weighted by molar-refractivity contribution is -0.135. The molecule has 0 aromatic carbocycles. The van der Waals surface area contributed by atoms with Crippen molar-refractivity contribution in [3.63, 3.8) is 0 Å². The minimum atomic E-state index is -1.33. The lowest BCUT2D eigenvalue weighted by Crippen LogP contribution is -2.29. The first kappa shape index (κ1) is 8.91. The van der Waals surface area contributed by atoms with E-state index in [1.165, 1.54) is 0 Å². The van der Waals surface area contributed by atoms with Gasteiger partial charge < -0.3 is 14.9 Å². The van der Waals surface area contributed by atoms with Crippen molar-refractivity contribution in [1.82, 2.24) is 0 Å². The zero-order valence-electron chi connectivity index (χ0n) is 7.84. The van der Waals surface area contributed by atoms with Crippen molar-refractivity contribution in [1.29, 1.82) is 0 Å². The van der Waals surface area contributed by atoms with Crippen molar-refractivity contribution in [2.24, 2.45) is 11.8 Å². The Balaban J connectivity index is 2.07. The number of carbonyl (C=O) groups excluding carboxylic acids is 1. The van der Waals surface area contributed by atoms with Crippen LogP contribution in [-0.4, -0.2) is 34.2 Å². The molecule has 0 saturated carbocycles. The molecule has 1 aliphatic carbocycles. The predicted molar refractivity (Wildman–Crippen MR) is 47.2 cm³/mol. The molecule has 15 heavy (non-hydrogen) atoms. The fourth-order valence-corrected chi connectivity index (χ4v) is 3.03. The Labute approximate surface area is 85.3 Å². The van der Waals surface area contributed by atoms with Gasteiger partial charge in [0.25, 0.3) is 0 Å². The molecule has 80 valence electrons. The van der Waals surface area contributed by atoms with E-state index >= 15 is 0 Å². The Morgan fingerprint density at radius 3 is 2.40 bits per heavy atom. The van der Waals surface area contributed by atoms with Crippen molar-refractivity contribution in [3.8, 4) is 0 Å². The van der Waals surface area contributed by atoms with E-state index in [0.717, 1.165) is 12.8 Å². The van der Waals surface area contributed by atoms with Crippen LogP contribution in [0, 0.1) is 11.8 Å². The highest BCUT2D eigenvalue weighted by molar-refractivity contribution is 6.20. The SMILES string of the molecule is O=C(O)C1=C(O)C2C3CCC(O3)C2C1=O. The van der Waals surface area contributed by atoms with Crippen molar-refractivity contribution in [2.45, 2.75) is 25.0 Å². The third-order valence-electron chi connectivity index (χ3n) is 3.61. The quantitative estimate of drug-likeness (QED) is 0.606. The fourth-order valence-electron chi connectivity index (χ4n) is 3.03. The van der Waals surface area contributed by atoms with Gasteiger partial charge in [-0.3, -0.25) is 4.79 Å². The molecule has 2 fully saturated rings. The van der Waals surface area contributed by atoms with Gasteiger partial charge in [0, 0.05) is 0 Å². The van der Waals surface area contributed by atoms with E-state index in [-0.39, 0.29) is 18.0 Å². The summed E-state index contributed by atoms with van der Waals surface area (Å²) >= 11 is 0. The molecule has 0 spiro atoms. The van der Waals surface area contributed by atoms with Gasteiger partial charge in [-0.1, -0.05) is 0 Å². The fraction of sp³-hybridized carbons (Fsp3) is 0.600. The monoisotopic (exact) mass is 210 g/mol. The lowest BCUT2D eigenvalue weighted by Gasteiger charge is -2.19. The molecule has 0 aromatic heterocycles. The molecule has 0 aromatic rings. The van der Waals surface area contributed by atoms with E-state index in [1.807, 2.05) is 0 Å². The number of ether oxygens (including phenoxy) is 1. The van der Waals surface area contributed by atoms with E-state index < -0.39 is 29.2 Å². The maximum Gasteiger partial charge on any atom is 0.342 e. The van der Waals surface area contributed by atoms with E-state index in [0.29, 0.717) is 0 Å². The maximum absolute atomic E-state index is 11.8. The third-order valence-corrected chi connectivity index (χ3v) is 3.61. The summed E-state index contributed by atoms with van der Waals surface area (Å²) in [7, 11) is 0. The summed E-state index contributed by atoms with van der Waals surface area (Å²) in [4.78, 5) is 22.6. The molecule has 5 heteroatoms. The molecule has 3 aliphatic rings. The summed E-state index contributed by atoms with van der Waals surface area (Å²) in [5, 5.41) is 18.5. The lowest BCUT2D eigenvalue weighted by atomic mass is 9.80. The van der Waals surface area contributed by atoms with E-state index in [4.69, 9.17) is 9.84 Å². The minimum absolute atomic E-state index is 0.166. The molecule has 2 N–H and O–H groups in total. The summed E-state index contributed by atoms with van der Waals surface area (Å²) in [6, 6.07) is 0. The van der Waals surface area contributed by atoms with Crippen LogP contribution in [0.5, 0.6) is 0 Å². The van der Waals surface area contributed by atoms with Crippen LogP contribution in [-0.2, 0) is 14.3 Å². The van der Waals surface area contributed by atoms with Crippen molar-refractivity contribution >= 4 is 11.8 Å². The summed E-state index contributed by atoms with van der Waals surface area (Å²) in [5.41, 5.74) is -0.426. The maximum atomic E-state index is 11.8. The standard InChI is InChI=1S/C10H10O5/c11-8-5-3-1-2-4(15-3)6(5)9(12)7(8)10(13)14/h3-6,11H,1-2H2,(H,13,14). The Hall–Kier alpha value is -1.36. The number of carbonyl (C=O) groups is 2. The number of hydrogen-bond acceptors (Lipinski definition) is 4. The first-order valence-electron chi connectivity index (χ1n) is 4.97. The van der Waals surface area contributed by atoms with Crippen LogP contribution < -0.4 is 0 Å². The van der Waals surface area contributed by atoms with Gasteiger partial charge >= 0.3 is 5.97 Å². The van der Waals surface area contributed by atoms with E-state index in [9.17, 15) is 14.7 Å². The van der Waals surface area contributed by atoms with Gasteiger partial charge in [-0.2, -0.15) is 0 Å².